The Morgan fingerprint density at radius 2 is 1.82 bits per heavy atom. The number of hydrogen-bond donors (Lipinski definition) is 1. The maximum atomic E-state index is 12.7. The molecule has 196 valence electrons. The Morgan fingerprint density at radius 1 is 1.03 bits per heavy atom. The average Bonchev–Trinajstić information content (AvgIpc) is 3.34. The molecule has 6 nitrogen and oxygen atoms in total. The number of para-hydroxylation sites is 1. The van der Waals surface area contributed by atoms with Crippen LogP contribution in [0.25, 0.3) is 10.9 Å². The minimum Gasteiger partial charge on any atom is -0.482 e. The molecule has 0 amide bonds. The molecule has 4 aliphatic rings. The Hall–Kier alpha value is -4.00. The van der Waals surface area contributed by atoms with Crippen LogP contribution in [0.5, 0.6) is 11.5 Å². The molecule has 8 rings (SSSR count). The van der Waals surface area contributed by atoms with Gasteiger partial charge in [0.2, 0.25) is 0 Å². The number of piperidine rings is 1. The smallest absolute Gasteiger partial charge is 0.343 e. The highest BCUT2D eigenvalue weighted by Gasteiger charge is 2.64. The summed E-state index contributed by atoms with van der Waals surface area (Å²) in [6, 6.07) is 25.4. The number of ether oxygens (including phenoxy) is 2. The van der Waals surface area contributed by atoms with E-state index < -0.39 is 12.1 Å². The van der Waals surface area contributed by atoms with Crippen molar-refractivity contribution in [1.29, 1.82) is 0 Å². The van der Waals surface area contributed by atoms with E-state index in [1.54, 1.807) is 12.1 Å². The van der Waals surface area contributed by atoms with Gasteiger partial charge >= 0.3 is 5.97 Å². The lowest BCUT2D eigenvalue weighted by atomic mass is 9.53. The molecule has 1 saturated heterocycles. The summed E-state index contributed by atoms with van der Waals surface area (Å²) in [5.41, 5.74) is 3.72. The maximum absolute atomic E-state index is 12.7. The van der Waals surface area contributed by atoms with Gasteiger partial charge in [0.25, 0.3) is 0 Å². The molecule has 2 aliphatic carbocycles. The lowest BCUT2D eigenvalue weighted by molar-refractivity contribution is -0.0453. The number of carbonyl (C=O) groups excluding carboxylic acids is 1. The van der Waals surface area contributed by atoms with E-state index in [2.05, 4.69) is 41.2 Å². The summed E-state index contributed by atoms with van der Waals surface area (Å²) >= 11 is 0. The number of pyridine rings is 1. The van der Waals surface area contributed by atoms with E-state index in [9.17, 15) is 9.90 Å². The van der Waals surface area contributed by atoms with Gasteiger partial charge in [-0.3, -0.25) is 4.98 Å². The fourth-order valence-electron chi connectivity index (χ4n) is 7.06. The van der Waals surface area contributed by atoms with Gasteiger partial charge in [0.05, 0.1) is 11.1 Å². The molecule has 2 bridgehead atoms. The first-order chi connectivity index (χ1) is 19.1. The van der Waals surface area contributed by atoms with Crippen LogP contribution in [-0.2, 0) is 11.8 Å². The highest BCUT2D eigenvalue weighted by atomic mass is 16.6. The molecular formula is C33H30N2O4. The van der Waals surface area contributed by atoms with E-state index in [0.29, 0.717) is 29.0 Å². The molecule has 0 saturated carbocycles. The summed E-state index contributed by atoms with van der Waals surface area (Å²) in [6.45, 7) is 0.967. The summed E-state index contributed by atoms with van der Waals surface area (Å²) in [5.74, 6) is 0.991. The van der Waals surface area contributed by atoms with Gasteiger partial charge in [-0.2, -0.15) is 0 Å². The minimum atomic E-state index is -0.661. The van der Waals surface area contributed by atoms with Crippen molar-refractivity contribution in [3.8, 4) is 11.5 Å². The van der Waals surface area contributed by atoms with Gasteiger partial charge < -0.3 is 19.5 Å². The predicted octanol–water partition coefficient (Wildman–Crippen LogP) is 4.95. The van der Waals surface area contributed by atoms with Gasteiger partial charge in [-0.15, -0.1) is 0 Å². The molecule has 1 aromatic heterocycles. The second-order valence-corrected chi connectivity index (χ2v) is 10.9. The predicted molar refractivity (Wildman–Crippen MR) is 149 cm³/mol. The summed E-state index contributed by atoms with van der Waals surface area (Å²) < 4.78 is 12.2. The highest BCUT2D eigenvalue weighted by Crippen LogP contribution is 2.62. The molecular weight excluding hydrogens is 488 g/mol. The van der Waals surface area contributed by atoms with Crippen molar-refractivity contribution in [1.82, 2.24) is 9.88 Å². The third-order valence-electron chi connectivity index (χ3n) is 8.86. The lowest BCUT2D eigenvalue weighted by Crippen LogP contribution is -2.64. The Balaban J connectivity index is 0.000000213. The zero-order valence-corrected chi connectivity index (χ0v) is 21.7. The van der Waals surface area contributed by atoms with Crippen LogP contribution in [-0.4, -0.2) is 52.8 Å². The number of esters is 1. The van der Waals surface area contributed by atoms with E-state index in [-0.39, 0.29) is 11.5 Å². The second-order valence-electron chi connectivity index (χ2n) is 10.9. The Kier molecular flexibility index (Phi) is 5.76. The number of likely N-dealkylation sites (N-methyl/N-ethyl adjacent to an activating group) is 1. The van der Waals surface area contributed by atoms with Crippen molar-refractivity contribution < 1.29 is 19.4 Å². The second kappa shape index (κ2) is 9.33. The van der Waals surface area contributed by atoms with Crippen LogP contribution in [0.4, 0.5) is 0 Å². The first-order valence-electron chi connectivity index (χ1n) is 13.5. The van der Waals surface area contributed by atoms with Crippen molar-refractivity contribution in [3.63, 3.8) is 0 Å². The number of likely N-dealkylation sites (tertiary alicyclic amines) is 1. The molecule has 1 spiro atoms. The summed E-state index contributed by atoms with van der Waals surface area (Å²) in [4.78, 5) is 19.3. The zero-order valence-electron chi connectivity index (χ0n) is 21.7. The molecule has 4 aromatic rings. The summed E-state index contributed by atoms with van der Waals surface area (Å²) in [6.07, 6.45) is 6.74. The third kappa shape index (κ3) is 3.78. The molecule has 3 aromatic carbocycles. The number of hydrogen-bond acceptors (Lipinski definition) is 6. The SMILES string of the molecule is CN1CC[C@]23c4c5ccc(OC(=O)c6ccccc6)c4O[C@H]2[C@@H](O)C=C[C@H]3[C@H]1C5.c1ccc2ncccc2c1. The Bertz CT molecular complexity index is 1520. The number of aromatic nitrogens is 1. The van der Waals surface area contributed by atoms with Crippen molar-refractivity contribution in [2.75, 3.05) is 13.6 Å². The van der Waals surface area contributed by atoms with Gasteiger partial charge in [0.1, 0.15) is 12.2 Å². The number of rotatable bonds is 2. The van der Waals surface area contributed by atoms with Crippen molar-refractivity contribution in [3.05, 3.63) is 114 Å². The quantitative estimate of drug-likeness (QED) is 0.230. The summed E-state index contributed by atoms with van der Waals surface area (Å²) in [5, 5.41) is 12.0. The molecule has 39 heavy (non-hydrogen) atoms. The zero-order chi connectivity index (χ0) is 26.6. The van der Waals surface area contributed by atoms with E-state index >= 15 is 0 Å². The summed E-state index contributed by atoms with van der Waals surface area (Å²) in [7, 11) is 2.18. The molecule has 1 fully saturated rings. The van der Waals surface area contributed by atoms with Gasteiger partial charge in [0, 0.05) is 34.5 Å². The number of aliphatic hydroxyl groups excluding tert-OH is 1. The Labute approximate surface area is 227 Å². The standard InChI is InChI=1S/C24H23NO4.C9H7N/c1-25-12-11-24-16-8-9-18(26)22(24)29-21-19(10-7-15(20(21)24)13-17(16)25)28-23(27)14-5-3-2-4-6-14;1-2-6-9-8(4-1)5-3-7-10-9/h2-10,16-18,22,26H,11-13H2,1H3;1-7H/t16-,17+,18-,22-,24-;/m0./s1. The fraction of sp³-hybridized carbons (Fsp3) is 0.273. The first-order valence-corrected chi connectivity index (χ1v) is 13.5. The highest BCUT2D eigenvalue weighted by molar-refractivity contribution is 5.91. The normalized spacial score (nSPS) is 27.6. The molecule has 5 atom stereocenters. The van der Waals surface area contributed by atoms with Crippen molar-refractivity contribution >= 4 is 16.9 Å². The van der Waals surface area contributed by atoms with E-state index in [4.69, 9.17) is 9.47 Å². The van der Waals surface area contributed by atoms with E-state index in [1.165, 1.54) is 10.9 Å². The number of carbonyl (C=O) groups is 1. The van der Waals surface area contributed by atoms with Crippen LogP contribution < -0.4 is 9.47 Å². The molecule has 0 radical (unpaired) electrons. The van der Waals surface area contributed by atoms with Crippen LogP contribution in [0.3, 0.4) is 0 Å². The van der Waals surface area contributed by atoms with Crippen LogP contribution in [0.2, 0.25) is 0 Å². The minimum absolute atomic E-state index is 0.247. The molecule has 1 N–H and O–H groups in total. The number of benzene rings is 3. The molecule has 6 heteroatoms. The van der Waals surface area contributed by atoms with Crippen molar-refractivity contribution in [2.24, 2.45) is 5.92 Å². The van der Waals surface area contributed by atoms with Gasteiger partial charge in [-0.1, -0.05) is 60.7 Å². The van der Waals surface area contributed by atoms with Gasteiger partial charge in [-0.25, -0.2) is 4.79 Å². The first kappa shape index (κ1) is 24.1. The lowest BCUT2D eigenvalue weighted by Gasteiger charge is -2.56. The monoisotopic (exact) mass is 518 g/mol. The van der Waals surface area contributed by atoms with Gasteiger partial charge in [0.15, 0.2) is 11.5 Å². The van der Waals surface area contributed by atoms with E-state index in [0.717, 1.165) is 30.5 Å². The van der Waals surface area contributed by atoms with Gasteiger partial charge in [-0.05, 0) is 62.3 Å². The van der Waals surface area contributed by atoms with E-state index in [1.807, 2.05) is 60.8 Å². The maximum Gasteiger partial charge on any atom is 0.343 e. The average molecular weight is 519 g/mol. The number of fused-ring (bicyclic) bond motifs is 1. The topological polar surface area (TPSA) is 71.9 Å². The largest absolute Gasteiger partial charge is 0.482 e. The Morgan fingerprint density at radius 3 is 2.67 bits per heavy atom. The number of nitrogens with zero attached hydrogens (tertiary/aromatic N) is 2. The fourth-order valence-corrected chi connectivity index (χ4v) is 7.06. The number of aliphatic hydroxyl groups is 1. The molecule has 3 heterocycles. The molecule has 0 unspecified atom stereocenters. The van der Waals surface area contributed by atoms with Crippen LogP contribution in [0.15, 0.2) is 97.2 Å². The van der Waals surface area contributed by atoms with Crippen LogP contribution >= 0.6 is 0 Å². The van der Waals surface area contributed by atoms with Crippen LogP contribution in [0.1, 0.15) is 27.9 Å². The van der Waals surface area contributed by atoms with Crippen LogP contribution in [0, 0.1) is 5.92 Å². The van der Waals surface area contributed by atoms with Crippen molar-refractivity contribution in [2.45, 2.75) is 36.5 Å². The third-order valence-corrected chi connectivity index (χ3v) is 8.86. The molecule has 2 aliphatic heterocycles.